The summed E-state index contributed by atoms with van der Waals surface area (Å²) in [6.07, 6.45) is 0.972. The van der Waals surface area contributed by atoms with Crippen molar-refractivity contribution in [2.45, 2.75) is 20.3 Å². The first-order valence-corrected chi connectivity index (χ1v) is 6.13. The first-order chi connectivity index (χ1) is 8.48. The SMILES string of the molecule is CC1(C)CCN(C(=O)NC(=O)c2ccccc2)C1. The summed E-state index contributed by atoms with van der Waals surface area (Å²) in [5, 5.41) is 2.42. The van der Waals surface area contributed by atoms with Gasteiger partial charge in [0.15, 0.2) is 0 Å². The van der Waals surface area contributed by atoms with E-state index < -0.39 is 0 Å². The van der Waals surface area contributed by atoms with Crippen LogP contribution >= 0.6 is 0 Å². The van der Waals surface area contributed by atoms with Gasteiger partial charge >= 0.3 is 6.03 Å². The van der Waals surface area contributed by atoms with Crippen molar-refractivity contribution in [2.75, 3.05) is 13.1 Å². The summed E-state index contributed by atoms with van der Waals surface area (Å²) in [4.78, 5) is 25.4. The third kappa shape index (κ3) is 2.88. The van der Waals surface area contributed by atoms with E-state index in [1.54, 1.807) is 29.2 Å². The van der Waals surface area contributed by atoms with Gasteiger partial charge in [0.2, 0.25) is 0 Å². The van der Waals surface area contributed by atoms with E-state index in [1.807, 2.05) is 6.07 Å². The molecular formula is C14H18N2O2. The van der Waals surface area contributed by atoms with Crippen molar-refractivity contribution < 1.29 is 9.59 Å². The molecule has 0 aromatic heterocycles. The van der Waals surface area contributed by atoms with Crippen LogP contribution in [0.25, 0.3) is 0 Å². The van der Waals surface area contributed by atoms with E-state index in [-0.39, 0.29) is 17.4 Å². The Labute approximate surface area is 107 Å². The largest absolute Gasteiger partial charge is 0.324 e. The molecular weight excluding hydrogens is 228 g/mol. The van der Waals surface area contributed by atoms with Crippen LogP contribution in [0, 0.1) is 5.41 Å². The summed E-state index contributed by atoms with van der Waals surface area (Å²) < 4.78 is 0. The van der Waals surface area contributed by atoms with Gasteiger partial charge in [0.05, 0.1) is 0 Å². The highest BCUT2D eigenvalue weighted by molar-refractivity contribution is 6.04. The molecule has 1 aromatic rings. The molecule has 2 rings (SSSR count). The van der Waals surface area contributed by atoms with Gasteiger partial charge in [-0.25, -0.2) is 4.79 Å². The molecule has 18 heavy (non-hydrogen) atoms. The molecule has 0 spiro atoms. The number of nitrogens with zero attached hydrogens (tertiary/aromatic N) is 1. The highest BCUT2D eigenvalue weighted by Gasteiger charge is 2.32. The van der Waals surface area contributed by atoms with Crippen molar-refractivity contribution in [1.82, 2.24) is 10.2 Å². The Morgan fingerprint density at radius 2 is 1.89 bits per heavy atom. The normalized spacial score (nSPS) is 17.6. The zero-order valence-electron chi connectivity index (χ0n) is 10.8. The lowest BCUT2D eigenvalue weighted by Crippen LogP contribution is -2.42. The maximum atomic E-state index is 11.9. The fourth-order valence-electron chi connectivity index (χ4n) is 2.12. The maximum absolute atomic E-state index is 11.9. The molecule has 1 saturated heterocycles. The van der Waals surface area contributed by atoms with Crippen LogP contribution in [-0.4, -0.2) is 29.9 Å². The van der Waals surface area contributed by atoms with Crippen molar-refractivity contribution in [3.63, 3.8) is 0 Å². The Balaban J connectivity index is 1.95. The number of likely N-dealkylation sites (tertiary alicyclic amines) is 1. The van der Waals surface area contributed by atoms with Crippen LogP contribution in [0.4, 0.5) is 4.79 Å². The van der Waals surface area contributed by atoms with E-state index in [2.05, 4.69) is 19.2 Å². The average molecular weight is 246 g/mol. The second kappa shape index (κ2) is 4.80. The summed E-state index contributed by atoms with van der Waals surface area (Å²) in [6.45, 7) is 5.65. The van der Waals surface area contributed by atoms with E-state index in [0.29, 0.717) is 18.7 Å². The van der Waals surface area contributed by atoms with E-state index in [1.165, 1.54) is 0 Å². The van der Waals surface area contributed by atoms with E-state index in [9.17, 15) is 9.59 Å². The van der Waals surface area contributed by atoms with Crippen molar-refractivity contribution in [3.8, 4) is 0 Å². The maximum Gasteiger partial charge on any atom is 0.324 e. The van der Waals surface area contributed by atoms with Crippen LogP contribution < -0.4 is 5.32 Å². The monoisotopic (exact) mass is 246 g/mol. The van der Waals surface area contributed by atoms with Gasteiger partial charge in [-0.2, -0.15) is 0 Å². The van der Waals surface area contributed by atoms with Gasteiger partial charge in [-0.3, -0.25) is 10.1 Å². The number of benzene rings is 1. The quantitative estimate of drug-likeness (QED) is 0.826. The van der Waals surface area contributed by atoms with Gasteiger partial charge < -0.3 is 4.90 Å². The summed E-state index contributed by atoms with van der Waals surface area (Å²) >= 11 is 0. The van der Waals surface area contributed by atoms with Crippen LogP contribution in [-0.2, 0) is 0 Å². The third-order valence-electron chi connectivity index (χ3n) is 3.22. The summed E-state index contributed by atoms with van der Waals surface area (Å²) in [7, 11) is 0. The lowest BCUT2D eigenvalue weighted by molar-refractivity contribution is 0.0953. The molecule has 4 heteroatoms. The van der Waals surface area contributed by atoms with Gasteiger partial charge in [0, 0.05) is 18.7 Å². The number of carbonyl (C=O) groups excluding carboxylic acids is 2. The zero-order valence-corrected chi connectivity index (χ0v) is 10.8. The minimum absolute atomic E-state index is 0.146. The van der Waals surface area contributed by atoms with Crippen molar-refractivity contribution >= 4 is 11.9 Å². The van der Waals surface area contributed by atoms with Crippen LogP contribution in [0.15, 0.2) is 30.3 Å². The van der Waals surface area contributed by atoms with Crippen LogP contribution in [0.1, 0.15) is 30.6 Å². The third-order valence-corrected chi connectivity index (χ3v) is 3.22. The molecule has 0 unspecified atom stereocenters. The lowest BCUT2D eigenvalue weighted by Gasteiger charge is -2.19. The van der Waals surface area contributed by atoms with Gasteiger partial charge in [0.1, 0.15) is 0 Å². The molecule has 96 valence electrons. The van der Waals surface area contributed by atoms with Crippen LogP contribution in [0.2, 0.25) is 0 Å². The Hall–Kier alpha value is -1.84. The summed E-state index contributed by atoms with van der Waals surface area (Å²) in [5.41, 5.74) is 0.650. The minimum atomic E-state index is -0.342. The second-order valence-corrected chi connectivity index (χ2v) is 5.46. The number of hydrogen-bond donors (Lipinski definition) is 1. The van der Waals surface area contributed by atoms with Crippen molar-refractivity contribution in [2.24, 2.45) is 5.41 Å². The van der Waals surface area contributed by atoms with Gasteiger partial charge in [-0.1, -0.05) is 32.0 Å². The highest BCUT2D eigenvalue weighted by atomic mass is 16.2. The van der Waals surface area contributed by atoms with Gasteiger partial charge in [0.25, 0.3) is 5.91 Å². The molecule has 0 bridgehead atoms. The topological polar surface area (TPSA) is 49.4 Å². The van der Waals surface area contributed by atoms with Gasteiger partial charge in [-0.15, -0.1) is 0 Å². The predicted octanol–water partition coefficient (Wildman–Crippen LogP) is 2.27. The molecule has 4 nitrogen and oxygen atoms in total. The van der Waals surface area contributed by atoms with Gasteiger partial charge in [-0.05, 0) is 24.0 Å². The fourth-order valence-corrected chi connectivity index (χ4v) is 2.12. The Morgan fingerprint density at radius 3 is 2.44 bits per heavy atom. The fraction of sp³-hybridized carbons (Fsp3) is 0.429. The number of rotatable bonds is 1. The van der Waals surface area contributed by atoms with Crippen molar-refractivity contribution in [1.29, 1.82) is 0 Å². The van der Waals surface area contributed by atoms with Crippen molar-refractivity contribution in [3.05, 3.63) is 35.9 Å². The molecule has 0 atom stereocenters. The number of imide groups is 1. The predicted molar refractivity (Wildman–Crippen MR) is 69.3 cm³/mol. The lowest BCUT2D eigenvalue weighted by atomic mass is 9.93. The van der Waals surface area contributed by atoms with Crippen LogP contribution in [0.5, 0.6) is 0 Å². The number of carbonyl (C=O) groups is 2. The van der Waals surface area contributed by atoms with Crippen LogP contribution in [0.3, 0.4) is 0 Å². The Kier molecular flexibility index (Phi) is 3.36. The molecule has 1 aliphatic heterocycles. The summed E-state index contributed by atoms with van der Waals surface area (Å²) in [5.74, 6) is -0.342. The van der Waals surface area contributed by atoms with E-state index in [0.717, 1.165) is 6.42 Å². The smallest absolute Gasteiger partial charge is 0.324 e. The van der Waals surface area contributed by atoms with E-state index in [4.69, 9.17) is 0 Å². The molecule has 0 radical (unpaired) electrons. The molecule has 1 N–H and O–H groups in total. The molecule has 1 aliphatic rings. The second-order valence-electron chi connectivity index (χ2n) is 5.46. The first kappa shape index (κ1) is 12.6. The molecule has 1 fully saturated rings. The highest BCUT2D eigenvalue weighted by Crippen LogP contribution is 2.28. The molecule has 1 aromatic carbocycles. The Morgan fingerprint density at radius 1 is 1.22 bits per heavy atom. The number of nitrogens with one attached hydrogen (secondary N) is 1. The number of amides is 3. The molecule has 0 saturated carbocycles. The number of urea groups is 1. The molecule has 3 amide bonds. The molecule has 0 aliphatic carbocycles. The molecule has 1 heterocycles. The number of hydrogen-bond acceptors (Lipinski definition) is 2. The average Bonchev–Trinajstić information content (AvgIpc) is 2.71. The zero-order chi connectivity index (χ0) is 13.2. The summed E-state index contributed by atoms with van der Waals surface area (Å²) in [6, 6.07) is 8.47. The van der Waals surface area contributed by atoms with E-state index >= 15 is 0 Å². The first-order valence-electron chi connectivity index (χ1n) is 6.13. The Bertz CT molecular complexity index is 454. The standard InChI is InChI=1S/C14H18N2O2/c1-14(2)8-9-16(10-14)13(18)15-12(17)11-6-4-3-5-7-11/h3-7H,8-10H2,1-2H3,(H,15,17,18). The minimum Gasteiger partial charge on any atom is -0.324 e.